The molecule has 3 aromatic rings. The fourth-order valence-electron chi connectivity index (χ4n) is 2.01. The first-order valence-electron chi connectivity index (χ1n) is 5.26. The molecule has 0 fully saturated rings. The van der Waals surface area contributed by atoms with E-state index in [4.69, 9.17) is 0 Å². The maximum absolute atomic E-state index is 11.4. The molecule has 0 spiro atoms. The van der Waals surface area contributed by atoms with Crippen LogP contribution in [0.4, 0.5) is 0 Å². The molecule has 0 saturated heterocycles. The lowest BCUT2D eigenvalue weighted by molar-refractivity contribution is 0.101. The highest BCUT2D eigenvalue weighted by Gasteiger charge is 2.10. The van der Waals surface area contributed by atoms with Crippen molar-refractivity contribution in [1.82, 2.24) is 9.38 Å². The van der Waals surface area contributed by atoms with E-state index >= 15 is 0 Å². The van der Waals surface area contributed by atoms with E-state index < -0.39 is 0 Å². The fourth-order valence-corrected chi connectivity index (χ4v) is 2.01. The molecule has 0 unspecified atom stereocenters. The van der Waals surface area contributed by atoms with Crippen LogP contribution in [-0.2, 0) is 0 Å². The normalized spacial score (nSPS) is 11.1. The van der Waals surface area contributed by atoms with Crippen molar-refractivity contribution in [2.24, 2.45) is 0 Å². The number of hydrogen-bond donors (Lipinski definition) is 1. The van der Waals surface area contributed by atoms with Crippen LogP contribution in [0.3, 0.4) is 0 Å². The molecule has 2 heterocycles. The second-order valence-electron chi connectivity index (χ2n) is 3.98. The molecule has 84 valence electrons. The van der Waals surface area contributed by atoms with Gasteiger partial charge in [-0.1, -0.05) is 6.07 Å². The van der Waals surface area contributed by atoms with Crippen LogP contribution in [0.25, 0.3) is 16.4 Å². The van der Waals surface area contributed by atoms with Crippen molar-refractivity contribution < 1.29 is 9.90 Å². The Morgan fingerprint density at radius 2 is 2.18 bits per heavy atom. The lowest BCUT2D eigenvalue weighted by Crippen LogP contribution is -1.97. The lowest BCUT2D eigenvalue weighted by atomic mass is 10.1. The Kier molecular flexibility index (Phi) is 1.92. The molecule has 0 aliphatic carbocycles. The Hall–Kier alpha value is -2.36. The SMILES string of the molecule is CC(=O)c1cnc2c3cc(O)ccc3ccn12. The van der Waals surface area contributed by atoms with Crippen LogP contribution >= 0.6 is 0 Å². The average Bonchev–Trinajstić information content (AvgIpc) is 2.72. The number of carbonyl (C=O) groups excluding carboxylic acids is 1. The molecule has 0 atom stereocenters. The minimum absolute atomic E-state index is 0.0306. The number of aromatic nitrogens is 2. The van der Waals surface area contributed by atoms with Crippen LogP contribution in [0.2, 0.25) is 0 Å². The maximum Gasteiger partial charge on any atom is 0.178 e. The first kappa shape index (κ1) is 9.84. The number of pyridine rings is 1. The van der Waals surface area contributed by atoms with Gasteiger partial charge in [0.1, 0.15) is 17.1 Å². The predicted octanol–water partition coefficient (Wildman–Crippen LogP) is 2.40. The van der Waals surface area contributed by atoms with E-state index in [-0.39, 0.29) is 11.5 Å². The zero-order valence-corrected chi connectivity index (χ0v) is 9.21. The minimum atomic E-state index is -0.0306. The van der Waals surface area contributed by atoms with Crippen LogP contribution in [-0.4, -0.2) is 20.3 Å². The molecular formula is C13H10N2O2. The van der Waals surface area contributed by atoms with Gasteiger partial charge in [0.2, 0.25) is 0 Å². The first-order chi connectivity index (χ1) is 8.16. The number of rotatable bonds is 1. The molecule has 0 saturated carbocycles. The minimum Gasteiger partial charge on any atom is -0.508 e. The molecule has 0 bridgehead atoms. The molecule has 17 heavy (non-hydrogen) atoms. The van der Waals surface area contributed by atoms with Gasteiger partial charge in [-0.15, -0.1) is 0 Å². The van der Waals surface area contributed by atoms with Crippen molar-refractivity contribution >= 4 is 22.2 Å². The summed E-state index contributed by atoms with van der Waals surface area (Å²) in [6.45, 7) is 1.51. The number of ketones is 1. The summed E-state index contributed by atoms with van der Waals surface area (Å²) >= 11 is 0. The highest BCUT2D eigenvalue weighted by atomic mass is 16.3. The van der Waals surface area contributed by atoms with Crippen LogP contribution in [0.15, 0.2) is 36.7 Å². The number of hydrogen-bond acceptors (Lipinski definition) is 3. The largest absolute Gasteiger partial charge is 0.508 e. The maximum atomic E-state index is 11.4. The van der Waals surface area contributed by atoms with Crippen molar-refractivity contribution in [3.8, 4) is 5.75 Å². The zero-order valence-electron chi connectivity index (χ0n) is 9.21. The summed E-state index contributed by atoms with van der Waals surface area (Å²) in [6, 6.07) is 7.01. The van der Waals surface area contributed by atoms with E-state index in [0.717, 1.165) is 10.8 Å². The summed E-state index contributed by atoms with van der Waals surface area (Å²) < 4.78 is 1.74. The molecule has 0 aliphatic rings. The lowest BCUT2D eigenvalue weighted by Gasteiger charge is -2.02. The first-order valence-corrected chi connectivity index (χ1v) is 5.26. The van der Waals surface area contributed by atoms with Gasteiger partial charge in [-0.05, 0) is 23.6 Å². The third kappa shape index (κ3) is 1.38. The molecule has 2 aromatic heterocycles. The number of imidazole rings is 1. The zero-order chi connectivity index (χ0) is 12.0. The molecule has 0 aliphatic heterocycles. The second kappa shape index (κ2) is 3.31. The van der Waals surface area contributed by atoms with Crippen LogP contribution < -0.4 is 0 Å². The van der Waals surface area contributed by atoms with Gasteiger partial charge in [0.15, 0.2) is 5.78 Å². The number of carbonyl (C=O) groups is 1. The molecule has 4 heteroatoms. The van der Waals surface area contributed by atoms with E-state index in [2.05, 4.69) is 4.98 Å². The Balaban J connectivity index is 2.48. The van der Waals surface area contributed by atoms with Gasteiger partial charge in [-0.3, -0.25) is 9.20 Å². The van der Waals surface area contributed by atoms with Gasteiger partial charge in [0.25, 0.3) is 0 Å². The number of nitrogens with zero attached hydrogens (tertiary/aromatic N) is 2. The Morgan fingerprint density at radius 1 is 1.35 bits per heavy atom. The van der Waals surface area contributed by atoms with Crippen LogP contribution in [0.5, 0.6) is 5.75 Å². The van der Waals surface area contributed by atoms with E-state index in [1.165, 1.54) is 6.92 Å². The smallest absolute Gasteiger partial charge is 0.178 e. The summed E-state index contributed by atoms with van der Waals surface area (Å²) in [4.78, 5) is 15.7. The highest BCUT2D eigenvalue weighted by molar-refractivity contribution is 5.98. The number of phenols is 1. The van der Waals surface area contributed by atoms with Gasteiger partial charge >= 0.3 is 0 Å². The van der Waals surface area contributed by atoms with Gasteiger partial charge in [0, 0.05) is 18.5 Å². The summed E-state index contributed by atoms with van der Waals surface area (Å²) in [6.07, 6.45) is 3.37. The van der Waals surface area contributed by atoms with Gasteiger partial charge in [-0.2, -0.15) is 0 Å². The fraction of sp³-hybridized carbons (Fsp3) is 0.0769. The second-order valence-corrected chi connectivity index (χ2v) is 3.98. The predicted molar refractivity (Wildman–Crippen MR) is 64.4 cm³/mol. The molecule has 3 rings (SSSR count). The van der Waals surface area contributed by atoms with Crippen molar-refractivity contribution in [2.75, 3.05) is 0 Å². The Bertz CT molecular complexity index is 744. The van der Waals surface area contributed by atoms with E-state index in [1.807, 2.05) is 18.3 Å². The van der Waals surface area contributed by atoms with Gasteiger partial charge in [0.05, 0.1) is 6.20 Å². The molecule has 0 amide bonds. The van der Waals surface area contributed by atoms with E-state index in [1.54, 1.807) is 22.7 Å². The standard InChI is InChI=1S/C13H10N2O2/c1-8(16)12-7-14-13-11-6-10(17)3-2-9(11)4-5-15(12)13/h2-7,17H,1H3. The quantitative estimate of drug-likeness (QED) is 0.648. The Labute approximate surface area is 97.1 Å². The monoisotopic (exact) mass is 226 g/mol. The number of fused-ring (bicyclic) bond motifs is 3. The number of phenolic OH excluding ortho intramolecular Hbond substituents is 1. The number of Topliss-reactive ketones (excluding diaryl/α,β-unsaturated/α-hetero) is 1. The molecular weight excluding hydrogens is 216 g/mol. The van der Waals surface area contributed by atoms with Crippen molar-refractivity contribution in [3.63, 3.8) is 0 Å². The number of benzene rings is 1. The van der Waals surface area contributed by atoms with Crippen molar-refractivity contribution in [1.29, 1.82) is 0 Å². The third-order valence-corrected chi connectivity index (χ3v) is 2.84. The van der Waals surface area contributed by atoms with Gasteiger partial charge < -0.3 is 5.11 Å². The summed E-state index contributed by atoms with van der Waals surface area (Å²) in [7, 11) is 0. The van der Waals surface area contributed by atoms with Gasteiger partial charge in [-0.25, -0.2) is 4.98 Å². The molecule has 4 nitrogen and oxygen atoms in total. The summed E-state index contributed by atoms with van der Waals surface area (Å²) in [5.41, 5.74) is 1.23. The highest BCUT2D eigenvalue weighted by Crippen LogP contribution is 2.24. The van der Waals surface area contributed by atoms with Crippen molar-refractivity contribution in [3.05, 3.63) is 42.4 Å². The van der Waals surface area contributed by atoms with Crippen molar-refractivity contribution in [2.45, 2.75) is 6.92 Å². The molecule has 0 radical (unpaired) electrons. The topological polar surface area (TPSA) is 54.6 Å². The van der Waals surface area contributed by atoms with Crippen LogP contribution in [0.1, 0.15) is 17.4 Å². The Morgan fingerprint density at radius 3 is 2.94 bits per heavy atom. The summed E-state index contributed by atoms with van der Waals surface area (Å²) in [5.74, 6) is 0.162. The van der Waals surface area contributed by atoms with Crippen LogP contribution in [0, 0.1) is 0 Å². The molecule has 1 N–H and O–H groups in total. The summed E-state index contributed by atoms with van der Waals surface area (Å²) in [5, 5.41) is 11.3. The molecule has 1 aromatic carbocycles. The van der Waals surface area contributed by atoms with E-state index in [0.29, 0.717) is 11.3 Å². The third-order valence-electron chi connectivity index (χ3n) is 2.84. The average molecular weight is 226 g/mol. The van der Waals surface area contributed by atoms with E-state index in [9.17, 15) is 9.90 Å². The number of aromatic hydroxyl groups is 1.